The van der Waals surface area contributed by atoms with E-state index in [0.29, 0.717) is 4.59 Å². The molecule has 0 spiro atoms. The molecule has 6 rings (SSSR count). The molecule has 0 bridgehead atoms. The molecule has 4 heterocycles. The van der Waals surface area contributed by atoms with Gasteiger partial charge in [0.15, 0.2) is 17.2 Å². The third kappa shape index (κ3) is 3.57. The monoisotopic (exact) mass is 460 g/mol. The number of aromatic nitrogens is 4. The second kappa shape index (κ2) is 7.85. The quantitative estimate of drug-likeness (QED) is 0.380. The molecular formula is C28H26N7+. The van der Waals surface area contributed by atoms with E-state index in [0.717, 1.165) is 61.8 Å². The lowest BCUT2D eigenvalue weighted by Crippen LogP contribution is -2.31. The van der Waals surface area contributed by atoms with Crippen molar-refractivity contribution in [3.05, 3.63) is 90.8 Å². The third-order valence-electron chi connectivity index (χ3n) is 6.49. The zero-order chi connectivity index (χ0) is 24.2. The Morgan fingerprint density at radius 1 is 0.800 bits per heavy atom. The number of fused-ring (bicyclic) bond motifs is 2. The SMILES string of the molecule is CN(C)c1cncc(-c2ccc3c(c2)C(c2nc4c(-c5ccncc5)cccc4[nH]2)=N[N+]3(C)C)c1. The number of hydrogen-bond acceptors (Lipinski definition) is 5. The Hall–Kier alpha value is -4.36. The van der Waals surface area contributed by atoms with Crippen molar-refractivity contribution in [1.29, 1.82) is 0 Å². The van der Waals surface area contributed by atoms with E-state index in [9.17, 15) is 0 Å². The van der Waals surface area contributed by atoms with Crippen molar-refractivity contribution >= 4 is 28.1 Å². The number of aromatic amines is 1. The molecule has 0 aliphatic carbocycles. The van der Waals surface area contributed by atoms with Gasteiger partial charge in [0.1, 0.15) is 0 Å². The Balaban J connectivity index is 1.48. The molecule has 0 fully saturated rings. The first-order valence-corrected chi connectivity index (χ1v) is 11.5. The number of para-hydroxylation sites is 1. The molecule has 7 heteroatoms. The maximum Gasteiger partial charge on any atom is 0.175 e. The van der Waals surface area contributed by atoms with E-state index >= 15 is 0 Å². The van der Waals surface area contributed by atoms with Crippen molar-refractivity contribution in [2.24, 2.45) is 5.10 Å². The third-order valence-corrected chi connectivity index (χ3v) is 6.49. The molecule has 0 saturated carbocycles. The molecule has 0 radical (unpaired) electrons. The van der Waals surface area contributed by atoms with Crippen molar-refractivity contribution in [2.75, 3.05) is 33.1 Å². The van der Waals surface area contributed by atoms with Gasteiger partial charge in [-0.2, -0.15) is 4.59 Å². The molecule has 1 aliphatic heterocycles. The van der Waals surface area contributed by atoms with E-state index in [-0.39, 0.29) is 0 Å². The summed E-state index contributed by atoms with van der Waals surface area (Å²) < 4.78 is 0.412. The van der Waals surface area contributed by atoms with Crippen molar-refractivity contribution in [2.45, 2.75) is 0 Å². The fourth-order valence-electron chi connectivity index (χ4n) is 4.65. The largest absolute Gasteiger partial charge is 0.376 e. The summed E-state index contributed by atoms with van der Waals surface area (Å²) in [5, 5.41) is 5.06. The van der Waals surface area contributed by atoms with E-state index in [2.05, 4.69) is 70.3 Å². The van der Waals surface area contributed by atoms with Crippen LogP contribution in [0, 0.1) is 0 Å². The number of pyridine rings is 2. The average Bonchev–Trinajstić information content (AvgIpc) is 3.42. The van der Waals surface area contributed by atoms with Crippen LogP contribution in [-0.2, 0) is 0 Å². The van der Waals surface area contributed by atoms with Crippen molar-refractivity contribution in [3.63, 3.8) is 0 Å². The zero-order valence-corrected chi connectivity index (χ0v) is 20.2. The second-order valence-corrected chi connectivity index (χ2v) is 9.42. The average molecular weight is 461 g/mol. The standard InChI is InChI=1S/C28H26N7/c1-34(2)21-14-20(16-30-17-21)19-8-9-25-23(15-19)27(33-35(25,3)4)28-31-24-7-5-6-22(26(24)32-28)18-10-12-29-13-11-18/h5-17H,1-4H3,(H,31,32)/q+1. The first-order chi connectivity index (χ1) is 16.9. The molecule has 7 nitrogen and oxygen atoms in total. The van der Waals surface area contributed by atoms with Crippen LogP contribution in [0.3, 0.4) is 0 Å². The highest BCUT2D eigenvalue weighted by molar-refractivity contribution is 6.17. The van der Waals surface area contributed by atoms with E-state index in [4.69, 9.17) is 10.1 Å². The number of rotatable bonds is 4. The minimum atomic E-state index is 0.412. The van der Waals surface area contributed by atoms with Crippen molar-refractivity contribution < 1.29 is 0 Å². The number of anilines is 1. The molecule has 5 aromatic rings. The summed E-state index contributed by atoms with van der Waals surface area (Å²) in [4.78, 5) is 19.2. The van der Waals surface area contributed by atoms with Gasteiger partial charge < -0.3 is 9.88 Å². The Labute approximate surface area is 204 Å². The molecule has 0 amide bonds. The summed E-state index contributed by atoms with van der Waals surface area (Å²) in [6, 6.07) is 18.9. The first-order valence-electron chi connectivity index (χ1n) is 11.5. The van der Waals surface area contributed by atoms with Crippen LogP contribution in [0.25, 0.3) is 33.3 Å². The second-order valence-electron chi connectivity index (χ2n) is 9.42. The zero-order valence-electron chi connectivity index (χ0n) is 20.2. The molecule has 1 aliphatic rings. The lowest BCUT2D eigenvalue weighted by molar-refractivity contribution is 0.434. The van der Waals surface area contributed by atoms with Crippen LogP contribution >= 0.6 is 0 Å². The minimum Gasteiger partial charge on any atom is -0.376 e. The molecule has 0 atom stereocenters. The van der Waals surface area contributed by atoms with Gasteiger partial charge >= 0.3 is 0 Å². The number of nitrogens with zero attached hydrogens (tertiary/aromatic N) is 6. The molecule has 2 aromatic carbocycles. The van der Waals surface area contributed by atoms with Gasteiger partial charge in [0, 0.05) is 49.9 Å². The predicted octanol–water partition coefficient (Wildman–Crippen LogP) is 5.09. The molecule has 3 aromatic heterocycles. The van der Waals surface area contributed by atoms with Gasteiger partial charge in [0.25, 0.3) is 0 Å². The summed E-state index contributed by atoms with van der Waals surface area (Å²) in [6.45, 7) is 0. The number of imidazole rings is 1. The highest BCUT2D eigenvalue weighted by Crippen LogP contribution is 2.37. The Morgan fingerprint density at radius 3 is 2.43 bits per heavy atom. The number of quaternary nitrogens is 1. The van der Waals surface area contributed by atoms with Gasteiger partial charge in [-0.1, -0.05) is 17.2 Å². The molecular weight excluding hydrogens is 434 g/mol. The van der Waals surface area contributed by atoms with Crippen LogP contribution < -0.4 is 9.49 Å². The number of benzene rings is 2. The van der Waals surface area contributed by atoms with E-state index in [1.54, 1.807) is 12.4 Å². The summed E-state index contributed by atoms with van der Waals surface area (Å²) in [7, 11) is 8.22. The number of hydrogen-bond donors (Lipinski definition) is 1. The summed E-state index contributed by atoms with van der Waals surface area (Å²) >= 11 is 0. The molecule has 0 saturated heterocycles. The highest BCUT2D eigenvalue weighted by atomic mass is 15.6. The van der Waals surface area contributed by atoms with Crippen LogP contribution in [0.5, 0.6) is 0 Å². The normalized spacial score (nSPS) is 14.1. The lowest BCUT2D eigenvalue weighted by atomic mass is 10.00. The van der Waals surface area contributed by atoms with Gasteiger partial charge in [-0.3, -0.25) is 9.97 Å². The van der Waals surface area contributed by atoms with E-state index in [1.807, 2.05) is 44.7 Å². The maximum absolute atomic E-state index is 5.06. The summed E-state index contributed by atoms with van der Waals surface area (Å²) in [5.41, 5.74) is 10.4. The number of nitrogens with one attached hydrogen (secondary N) is 1. The van der Waals surface area contributed by atoms with Crippen LogP contribution in [0.1, 0.15) is 11.4 Å². The summed E-state index contributed by atoms with van der Waals surface area (Å²) in [6.07, 6.45) is 7.39. The number of H-pyrrole nitrogens is 1. The highest BCUT2D eigenvalue weighted by Gasteiger charge is 2.36. The fraction of sp³-hybridized carbons (Fsp3) is 0.143. The van der Waals surface area contributed by atoms with Gasteiger partial charge in [0.2, 0.25) is 0 Å². The maximum atomic E-state index is 5.06. The van der Waals surface area contributed by atoms with E-state index < -0.39 is 0 Å². The molecule has 0 unspecified atom stereocenters. The van der Waals surface area contributed by atoms with Crippen LogP contribution in [0.4, 0.5) is 11.4 Å². The Kier molecular flexibility index (Phi) is 4.76. The van der Waals surface area contributed by atoms with Crippen molar-refractivity contribution in [1.82, 2.24) is 24.5 Å². The van der Waals surface area contributed by atoms with Gasteiger partial charge in [-0.25, -0.2) is 4.98 Å². The topological polar surface area (TPSA) is 70.1 Å². The van der Waals surface area contributed by atoms with Gasteiger partial charge in [-0.15, -0.1) is 0 Å². The van der Waals surface area contributed by atoms with Crippen LogP contribution in [0.2, 0.25) is 0 Å². The molecule has 35 heavy (non-hydrogen) atoms. The minimum absolute atomic E-state index is 0.412. The van der Waals surface area contributed by atoms with Crippen LogP contribution in [-0.4, -0.2) is 53.8 Å². The van der Waals surface area contributed by atoms with Crippen molar-refractivity contribution in [3.8, 4) is 22.3 Å². The first kappa shape index (κ1) is 21.2. The summed E-state index contributed by atoms with van der Waals surface area (Å²) in [5.74, 6) is 0.767. The van der Waals surface area contributed by atoms with E-state index in [1.165, 1.54) is 0 Å². The molecule has 172 valence electrons. The smallest absolute Gasteiger partial charge is 0.175 e. The lowest BCUT2D eigenvalue weighted by Gasteiger charge is -2.18. The van der Waals surface area contributed by atoms with Crippen LogP contribution in [0.15, 0.2) is 84.5 Å². The predicted molar refractivity (Wildman–Crippen MR) is 143 cm³/mol. The fourth-order valence-corrected chi connectivity index (χ4v) is 4.65. The Morgan fingerprint density at radius 2 is 1.63 bits per heavy atom. The Bertz CT molecular complexity index is 1600. The van der Waals surface area contributed by atoms with Gasteiger partial charge in [-0.05, 0) is 47.5 Å². The van der Waals surface area contributed by atoms with Gasteiger partial charge in [0.05, 0.1) is 42.6 Å². The molecule has 1 N–H and O–H groups in total.